The summed E-state index contributed by atoms with van der Waals surface area (Å²) in [6.45, 7) is 13.7. The number of likely N-dealkylation sites (tertiary alicyclic amines) is 1. The van der Waals surface area contributed by atoms with Crippen LogP contribution in [0.1, 0.15) is 53.9 Å². The minimum absolute atomic E-state index is 0.806. The van der Waals surface area contributed by atoms with Gasteiger partial charge in [0.15, 0.2) is 0 Å². The quantitative estimate of drug-likeness (QED) is 0.714. The highest BCUT2D eigenvalue weighted by atomic mass is 16.5. The average molecular weight is 217 g/mol. The van der Waals surface area contributed by atoms with Crippen LogP contribution in [-0.4, -0.2) is 37.7 Å². The van der Waals surface area contributed by atoms with Gasteiger partial charge in [-0.15, -0.1) is 0 Å². The number of hydrogen-bond donors (Lipinski definition) is 0. The third kappa shape index (κ3) is 7.80. The van der Waals surface area contributed by atoms with Crippen LogP contribution in [-0.2, 0) is 4.74 Å². The van der Waals surface area contributed by atoms with E-state index in [-0.39, 0.29) is 0 Å². The van der Waals surface area contributed by atoms with Crippen LogP contribution in [0, 0.1) is 0 Å². The van der Waals surface area contributed by atoms with Crippen LogP contribution in [0.15, 0.2) is 0 Å². The van der Waals surface area contributed by atoms with Crippen molar-refractivity contribution in [1.82, 2.24) is 4.90 Å². The maximum atomic E-state index is 5.07. The Bertz CT molecular complexity index is 107. The maximum Gasteiger partial charge on any atom is 0.0477 e. The van der Waals surface area contributed by atoms with Gasteiger partial charge in [-0.2, -0.15) is 0 Å². The van der Waals surface area contributed by atoms with Crippen LogP contribution >= 0.6 is 0 Å². The summed E-state index contributed by atoms with van der Waals surface area (Å²) in [5.74, 6) is 0. The van der Waals surface area contributed by atoms with E-state index in [1.54, 1.807) is 7.11 Å². The van der Waals surface area contributed by atoms with E-state index in [2.05, 4.69) is 11.8 Å². The van der Waals surface area contributed by atoms with Crippen molar-refractivity contribution in [3.05, 3.63) is 0 Å². The number of ether oxygens (including phenoxy) is 1. The lowest BCUT2D eigenvalue weighted by Crippen LogP contribution is -2.29. The van der Waals surface area contributed by atoms with E-state index in [1.807, 2.05) is 27.7 Å². The predicted octanol–water partition coefficient (Wildman–Crippen LogP) is 3.56. The van der Waals surface area contributed by atoms with E-state index in [0.717, 1.165) is 12.6 Å². The standard InChI is InChI=1S/C9H19NO.2C2H6/c1-3-10-7-4-5-9(10)6-8-11-2;2*1-2/h9H,3-8H2,1-2H3;2*1-2H3. The monoisotopic (exact) mass is 217 g/mol. The Morgan fingerprint density at radius 1 is 1.20 bits per heavy atom. The number of nitrogens with zero attached hydrogens (tertiary/aromatic N) is 1. The summed E-state index contributed by atoms with van der Waals surface area (Å²) in [6.07, 6.45) is 3.96. The Balaban J connectivity index is 0. The molecule has 0 aromatic rings. The van der Waals surface area contributed by atoms with Crippen LogP contribution in [0.4, 0.5) is 0 Å². The third-order valence-corrected chi connectivity index (χ3v) is 2.56. The summed E-state index contributed by atoms with van der Waals surface area (Å²) in [5, 5.41) is 0. The van der Waals surface area contributed by atoms with Gasteiger partial charge in [-0.25, -0.2) is 0 Å². The fourth-order valence-electron chi connectivity index (χ4n) is 1.89. The van der Waals surface area contributed by atoms with Crippen molar-refractivity contribution in [2.24, 2.45) is 0 Å². The molecule has 1 heterocycles. The average Bonchev–Trinajstić information content (AvgIpc) is 2.79. The van der Waals surface area contributed by atoms with Crippen LogP contribution in [0.3, 0.4) is 0 Å². The van der Waals surface area contributed by atoms with Crippen molar-refractivity contribution in [2.75, 3.05) is 26.8 Å². The molecular weight excluding hydrogens is 186 g/mol. The molecule has 94 valence electrons. The number of rotatable bonds is 4. The van der Waals surface area contributed by atoms with Crippen LogP contribution in [0.5, 0.6) is 0 Å². The summed E-state index contributed by atoms with van der Waals surface area (Å²) < 4.78 is 5.07. The molecule has 1 rings (SSSR count). The molecule has 15 heavy (non-hydrogen) atoms. The van der Waals surface area contributed by atoms with Gasteiger partial charge >= 0.3 is 0 Å². The van der Waals surface area contributed by atoms with Crippen molar-refractivity contribution in [1.29, 1.82) is 0 Å². The molecule has 0 aromatic carbocycles. The second kappa shape index (κ2) is 13.9. The van der Waals surface area contributed by atoms with E-state index in [0.29, 0.717) is 0 Å². The Morgan fingerprint density at radius 2 is 1.80 bits per heavy atom. The van der Waals surface area contributed by atoms with Crippen molar-refractivity contribution < 1.29 is 4.74 Å². The summed E-state index contributed by atoms with van der Waals surface area (Å²) in [7, 11) is 1.78. The zero-order valence-corrected chi connectivity index (χ0v) is 11.7. The molecule has 2 nitrogen and oxygen atoms in total. The molecule has 1 fully saturated rings. The van der Waals surface area contributed by atoms with Gasteiger partial charge < -0.3 is 9.64 Å². The molecule has 0 saturated carbocycles. The molecule has 2 heteroatoms. The predicted molar refractivity (Wildman–Crippen MR) is 69.5 cm³/mol. The summed E-state index contributed by atoms with van der Waals surface area (Å²) in [6, 6.07) is 0.806. The Morgan fingerprint density at radius 3 is 2.27 bits per heavy atom. The van der Waals surface area contributed by atoms with E-state index in [4.69, 9.17) is 4.74 Å². The Labute approximate surface area is 97.0 Å². The first-order chi connectivity index (χ1) is 7.38. The highest BCUT2D eigenvalue weighted by Crippen LogP contribution is 2.18. The SMILES string of the molecule is CC.CC.CCN1CCCC1CCOC. The van der Waals surface area contributed by atoms with Gasteiger partial charge in [0.25, 0.3) is 0 Å². The van der Waals surface area contributed by atoms with Gasteiger partial charge in [0.2, 0.25) is 0 Å². The van der Waals surface area contributed by atoms with Gasteiger partial charge in [0.05, 0.1) is 0 Å². The van der Waals surface area contributed by atoms with Gasteiger partial charge in [0, 0.05) is 19.8 Å². The Hall–Kier alpha value is -0.0800. The molecule has 0 N–H and O–H groups in total. The molecule has 1 aliphatic rings. The lowest BCUT2D eigenvalue weighted by Gasteiger charge is -2.21. The lowest BCUT2D eigenvalue weighted by molar-refractivity contribution is 0.155. The second-order valence-corrected chi connectivity index (χ2v) is 3.21. The van der Waals surface area contributed by atoms with E-state index >= 15 is 0 Å². The van der Waals surface area contributed by atoms with Gasteiger partial charge in [0.1, 0.15) is 0 Å². The van der Waals surface area contributed by atoms with Gasteiger partial charge in [-0.3, -0.25) is 0 Å². The molecule has 1 unspecified atom stereocenters. The molecule has 1 aliphatic heterocycles. The Kier molecular flexibility index (Phi) is 16.1. The van der Waals surface area contributed by atoms with Crippen LogP contribution in [0.25, 0.3) is 0 Å². The lowest BCUT2D eigenvalue weighted by atomic mass is 10.1. The molecule has 0 aromatic heterocycles. The minimum Gasteiger partial charge on any atom is -0.385 e. The molecule has 0 aliphatic carbocycles. The minimum atomic E-state index is 0.806. The molecule has 0 radical (unpaired) electrons. The van der Waals surface area contributed by atoms with Gasteiger partial charge in [-0.05, 0) is 32.4 Å². The molecular formula is C13H31NO. The number of hydrogen-bond acceptors (Lipinski definition) is 2. The maximum absolute atomic E-state index is 5.07. The molecule has 1 saturated heterocycles. The largest absolute Gasteiger partial charge is 0.385 e. The third-order valence-electron chi connectivity index (χ3n) is 2.56. The first kappa shape index (κ1) is 17.3. The highest BCUT2D eigenvalue weighted by molar-refractivity contribution is 4.77. The smallest absolute Gasteiger partial charge is 0.0477 e. The topological polar surface area (TPSA) is 12.5 Å². The summed E-state index contributed by atoms with van der Waals surface area (Å²) >= 11 is 0. The van der Waals surface area contributed by atoms with E-state index in [9.17, 15) is 0 Å². The van der Waals surface area contributed by atoms with E-state index in [1.165, 1.54) is 32.4 Å². The normalized spacial score (nSPS) is 20.0. The van der Waals surface area contributed by atoms with Crippen molar-refractivity contribution >= 4 is 0 Å². The van der Waals surface area contributed by atoms with E-state index < -0.39 is 0 Å². The first-order valence-electron chi connectivity index (χ1n) is 6.61. The van der Waals surface area contributed by atoms with Gasteiger partial charge in [-0.1, -0.05) is 34.6 Å². The molecule has 0 amide bonds. The van der Waals surface area contributed by atoms with Crippen LogP contribution in [0.2, 0.25) is 0 Å². The molecule has 1 atom stereocenters. The zero-order chi connectivity index (χ0) is 12.1. The highest BCUT2D eigenvalue weighted by Gasteiger charge is 2.21. The van der Waals surface area contributed by atoms with Crippen molar-refractivity contribution in [2.45, 2.75) is 59.9 Å². The molecule has 0 bridgehead atoms. The second-order valence-electron chi connectivity index (χ2n) is 3.21. The zero-order valence-electron chi connectivity index (χ0n) is 11.7. The summed E-state index contributed by atoms with van der Waals surface area (Å²) in [4.78, 5) is 2.55. The van der Waals surface area contributed by atoms with Crippen molar-refractivity contribution in [3.8, 4) is 0 Å². The number of methoxy groups -OCH3 is 1. The molecule has 0 spiro atoms. The van der Waals surface area contributed by atoms with Crippen LogP contribution < -0.4 is 0 Å². The summed E-state index contributed by atoms with van der Waals surface area (Å²) in [5.41, 5.74) is 0. The fraction of sp³-hybridized carbons (Fsp3) is 1.00. The first-order valence-corrected chi connectivity index (χ1v) is 6.61. The fourth-order valence-corrected chi connectivity index (χ4v) is 1.89. The van der Waals surface area contributed by atoms with Crippen molar-refractivity contribution in [3.63, 3.8) is 0 Å².